The van der Waals surface area contributed by atoms with E-state index in [1.807, 2.05) is 23.8 Å². The number of aryl methyl sites for hydroxylation is 1. The van der Waals surface area contributed by atoms with Crippen molar-refractivity contribution >= 4 is 18.0 Å². The maximum Gasteiger partial charge on any atom is 0.159 e. The molecule has 5 nitrogen and oxygen atoms in total. The molecule has 1 aliphatic heterocycles. The summed E-state index contributed by atoms with van der Waals surface area (Å²) in [7, 11) is 0. The average Bonchev–Trinajstić information content (AvgIpc) is 3.01. The van der Waals surface area contributed by atoms with Crippen LogP contribution in [0.5, 0.6) is 0 Å². The number of ether oxygens (including phenoxy) is 1. The number of hydrogen-bond donors (Lipinski definition) is 1. The van der Waals surface area contributed by atoms with E-state index in [9.17, 15) is 0 Å². The molecule has 1 aromatic heterocycles. The molecule has 1 fully saturated rings. The molecule has 0 aliphatic carbocycles. The van der Waals surface area contributed by atoms with E-state index in [0.717, 1.165) is 35.2 Å². The largest absolute Gasteiger partial charge is 0.373 e. The number of aromatic nitrogens is 2. The predicted molar refractivity (Wildman–Crippen MR) is 103 cm³/mol. The summed E-state index contributed by atoms with van der Waals surface area (Å²) < 4.78 is 7.70. The zero-order valence-corrected chi connectivity index (χ0v) is 15.0. The third-order valence-corrected chi connectivity index (χ3v) is 4.48. The van der Waals surface area contributed by atoms with Crippen LogP contribution in [0.4, 0.5) is 5.82 Å². The molecule has 0 radical (unpaired) electrons. The van der Waals surface area contributed by atoms with Crippen LogP contribution in [-0.4, -0.2) is 42.1 Å². The third kappa shape index (κ3) is 3.52. The molecule has 0 bridgehead atoms. The molecule has 2 N–H and O–H groups in total. The summed E-state index contributed by atoms with van der Waals surface area (Å²) in [5.74, 6) is 0.954. The van der Waals surface area contributed by atoms with Gasteiger partial charge in [0.1, 0.15) is 0 Å². The number of anilines is 1. The topological polar surface area (TPSA) is 56.3 Å². The first-order chi connectivity index (χ1) is 12.2. The van der Waals surface area contributed by atoms with Gasteiger partial charge in [-0.15, -0.1) is 5.10 Å². The van der Waals surface area contributed by atoms with Gasteiger partial charge in [-0.05, 0) is 32.1 Å². The quantitative estimate of drug-likeness (QED) is 0.907. The monoisotopic (exact) mass is 338 g/mol. The Morgan fingerprint density at radius 1 is 1.36 bits per heavy atom. The van der Waals surface area contributed by atoms with Crippen molar-refractivity contribution in [3.8, 4) is 5.69 Å². The van der Waals surface area contributed by atoms with Gasteiger partial charge in [-0.3, -0.25) is 0 Å². The molecule has 132 valence electrons. The molecule has 0 spiro atoms. The molecule has 2 heterocycles. The SMILES string of the molecule is C=C/C=c1/c(N2CCOC(CN)C2)nn(-c2ccc(C)cc2)/c1=C/C. The minimum Gasteiger partial charge on any atom is -0.373 e. The molecule has 2 aromatic rings. The molecule has 1 aromatic carbocycles. The van der Waals surface area contributed by atoms with Crippen molar-refractivity contribution in [2.75, 3.05) is 31.1 Å². The molecule has 0 amide bonds. The number of morpholine rings is 1. The summed E-state index contributed by atoms with van der Waals surface area (Å²) in [4.78, 5) is 2.26. The third-order valence-electron chi connectivity index (χ3n) is 4.48. The Morgan fingerprint density at radius 3 is 2.76 bits per heavy atom. The van der Waals surface area contributed by atoms with E-state index < -0.39 is 0 Å². The highest BCUT2D eigenvalue weighted by atomic mass is 16.5. The lowest BCUT2D eigenvalue weighted by molar-refractivity contribution is 0.0462. The van der Waals surface area contributed by atoms with Crippen LogP contribution in [0.3, 0.4) is 0 Å². The van der Waals surface area contributed by atoms with E-state index in [4.69, 9.17) is 15.6 Å². The van der Waals surface area contributed by atoms with E-state index in [-0.39, 0.29) is 6.10 Å². The smallest absolute Gasteiger partial charge is 0.159 e. The van der Waals surface area contributed by atoms with Gasteiger partial charge in [-0.1, -0.05) is 36.4 Å². The summed E-state index contributed by atoms with van der Waals surface area (Å²) in [6.07, 6.45) is 5.97. The molecule has 5 heteroatoms. The van der Waals surface area contributed by atoms with Crippen molar-refractivity contribution in [2.24, 2.45) is 5.73 Å². The minimum atomic E-state index is 0.0453. The highest BCUT2D eigenvalue weighted by Crippen LogP contribution is 2.13. The van der Waals surface area contributed by atoms with Crippen molar-refractivity contribution in [1.82, 2.24) is 9.78 Å². The molecular weight excluding hydrogens is 312 g/mol. The first-order valence-corrected chi connectivity index (χ1v) is 8.69. The molecule has 1 atom stereocenters. The van der Waals surface area contributed by atoms with Crippen molar-refractivity contribution < 1.29 is 4.74 Å². The van der Waals surface area contributed by atoms with Crippen LogP contribution in [0.1, 0.15) is 12.5 Å². The highest BCUT2D eigenvalue weighted by Gasteiger charge is 2.23. The van der Waals surface area contributed by atoms with Gasteiger partial charge >= 0.3 is 0 Å². The van der Waals surface area contributed by atoms with E-state index in [0.29, 0.717) is 13.2 Å². The lowest BCUT2D eigenvalue weighted by Crippen LogP contribution is -2.47. The van der Waals surface area contributed by atoms with Crippen LogP contribution in [0.15, 0.2) is 36.9 Å². The Kier molecular flexibility index (Phi) is 5.36. The van der Waals surface area contributed by atoms with Gasteiger partial charge in [0, 0.05) is 24.9 Å². The van der Waals surface area contributed by atoms with Gasteiger partial charge in [-0.2, -0.15) is 0 Å². The van der Waals surface area contributed by atoms with E-state index in [2.05, 4.69) is 48.7 Å². The number of allylic oxidation sites excluding steroid dienone is 1. The fourth-order valence-corrected chi connectivity index (χ4v) is 3.16. The van der Waals surface area contributed by atoms with Crippen LogP contribution in [-0.2, 0) is 4.74 Å². The van der Waals surface area contributed by atoms with Crippen LogP contribution >= 0.6 is 0 Å². The fraction of sp³-hybridized carbons (Fsp3) is 0.350. The highest BCUT2D eigenvalue weighted by molar-refractivity contribution is 5.52. The second-order valence-electron chi connectivity index (χ2n) is 6.24. The van der Waals surface area contributed by atoms with E-state index >= 15 is 0 Å². The van der Waals surface area contributed by atoms with Crippen LogP contribution in [0.25, 0.3) is 17.8 Å². The Balaban J connectivity index is 2.14. The van der Waals surface area contributed by atoms with Gasteiger partial charge in [0.25, 0.3) is 0 Å². The van der Waals surface area contributed by atoms with Gasteiger partial charge in [0.2, 0.25) is 0 Å². The molecule has 0 saturated carbocycles. The van der Waals surface area contributed by atoms with E-state index in [1.54, 1.807) is 0 Å². The van der Waals surface area contributed by atoms with Crippen LogP contribution < -0.4 is 21.2 Å². The number of nitrogens with zero attached hydrogens (tertiary/aromatic N) is 3. The molecule has 25 heavy (non-hydrogen) atoms. The molecular formula is C20H26N4O. The van der Waals surface area contributed by atoms with Crippen molar-refractivity contribution in [1.29, 1.82) is 0 Å². The Bertz CT molecular complexity index is 851. The zero-order valence-electron chi connectivity index (χ0n) is 15.0. The fourth-order valence-electron chi connectivity index (χ4n) is 3.16. The van der Waals surface area contributed by atoms with Crippen molar-refractivity contribution in [3.05, 3.63) is 53.1 Å². The Hall–Kier alpha value is -2.37. The van der Waals surface area contributed by atoms with Gasteiger partial charge in [0.05, 0.1) is 23.7 Å². The summed E-state index contributed by atoms with van der Waals surface area (Å²) in [5.41, 5.74) is 8.08. The molecule has 1 aliphatic rings. The summed E-state index contributed by atoms with van der Waals surface area (Å²) in [5, 5.41) is 7.07. The van der Waals surface area contributed by atoms with Crippen molar-refractivity contribution in [2.45, 2.75) is 20.0 Å². The van der Waals surface area contributed by atoms with Gasteiger partial charge in [-0.25, -0.2) is 4.68 Å². The first-order valence-electron chi connectivity index (χ1n) is 8.69. The van der Waals surface area contributed by atoms with Gasteiger partial charge in [0.15, 0.2) is 5.82 Å². The summed E-state index contributed by atoms with van der Waals surface area (Å²) >= 11 is 0. The normalized spacial score (nSPS) is 19.5. The lowest BCUT2D eigenvalue weighted by atomic mass is 10.2. The standard InChI is InChI=1S/C20H26N4O/c1-4-6-18-19(5-2)24(16-9-7-15(3)8-10-16)22-20(18)23-11-12-25-17(13-21)14-23/h4-10,17H,1,11-14,21H2,2-3H3/b18-6+,19-5+. The maximum absolute atomic E-state index is 5.80. The molecule has 3 rings (SSSR count). The van der Waals surface area contributed by atoms with Crippen LogP contribution in [0, 0.1) is 6.92 Å². The predicted octanol–water partition coefficient (Wildman–Crippen LogP) is 1.11. The summed E-state index contributed by atoms with van der Waals surface area (Å²) in [6, 6.07) is 8.40. The number of hydrogen-bond acceptors (Lipinski definition) is 4. The Labute approximate surface area is 148 Å². The number of nitrogens with two attached hydrogens (primary N) is 1. The second kappa shape index (κ2) is 7.68. The number of rotatable bonds is 4. The van der Waals surface area contributed by atoms with E-state index in [1.165, 1.54) is 5.56 Å². The van der Waals surface area contributed by atoms with Crippen molar-refractivity contribution in [3.63, 3.8) is 0 Å². The van der Waals surface area contributed by atoms with Crippen LogP contribution in [0.2, 0.25) is 0 Å². The zero-order chi connectivity index (χ0) is 17.8. The second-order valence-corrected chi connectivity index (χ2v) is 6.24. The Morgan fingerprint density at radius 2 is 2.12 bits per heavy atom. The summed E-state index contributed by atoms with van der Waals surface area (Å²) in [6.45, 7) is 10.7. The first kappa shape index (κ1) is 17.5. The minimum absolute atomic E-state index is 0.0453. The lowest BCUT2D eigenvalue weighted by Gasteiger charge is -2.32. The molecule has 1 unspecified atom stereocenters. The average molecular weight is 338 g/mol. The molecule has 1 saturated heterocycles. The number of benzene rings is 1. The maximum atomic E-state index is 5.80. The van der Waals surface area contributed by atoms with Gasteiger partial charge < -0.3 is 15.4 Å².